The zero-order chi connectivity index (χ0) is 19.8. The highest BCUT2D eigenvalue weighted by molar-refractivity contribution is 5.88. The summed E-state index contributed by atoms with van der Waals surface area (Å²) in [5, 5.41) is 12.0. The molecule has 0 radical (unpaired) electrons. The van der Waals surface area contributed by atoms with Crippen LogP contribution in [-0.4, -0.2) is 34.7 Å². The Morgan fingerprint density at radius 3 is 2.72 bits per heavy atom. The molecule has 0 bridgehead atoms. The highest BCUT2D eigenvalue weighted by atomic mass is 16.7. The van der Waals surface area contributed by atoms with Crippen molar-refractivity contribution in [3.63, 3.8) is 0 Å². The van der Waals surface area contributed by atoms with Gasteiger partial charge in [0.2, 0.25) is 12.2 Å². The van der Waals surface area contributed by atoms with Gasteiger partial charge in [-0.25, -0.2) is 4.98 Å². The van der Waals surface area contributed by atoms with Crippen LogP contribution in [0.3, 0.4) is 0 Å². The summed E-state index contributed by atoms with van der Waals surface area (Å²) in [5.41, 5.74) is 2.62. The first-order chi connectivity index (χ1) is 14.2. The largest absolute Gasteiger partial charge is 0.477 e. The van der Waals surface area contributed by atoms with Gasteiger partial charge in [-0.3, -0.25) is 9.88 Å². The first-order valence-corrected chi connectivity index (χ1v) is 9.57. The molecule has 5 rings (SSSR count). The van der Waals surface area contributed by atoms with E-state index in [1.54, 1.807) is 0 Å². The average molecular weight is 388 g/mol. The number of aromatic nitrogens is 2. The van der Waals surface area contributed by atoms with E-state index in [9.17, 15) is 5.26 Å². The Bertz CT molecular complexity index is 1140. The van der Waals surface area contributed by atoms with Gasteiger partial charge < -0.3 is 14.2 Å². The lowest BCUT2D eigenvalue weighted by Crippen LogP contribution is -2.50. The van der Waals surface area contributed by atoms with Crippen molar-refractivity contribution in [2.75, 3.05) is 18.5 Å². The Hall–Kier alpha value is -3.34. The Balaban J connectivity index is 1.74. The second-order valence-electron chi connectivity index (χ2n) is 7.24. The lowest BCUT2D eigenvalue weighted by molar-refractivity contribution is -0.235. The van der Waals surface area contributed by atoms with Crippen LogP contribution in [0.25, 0.3) is 16.7 Å². The van der Waals surface area contributed by atoms with Crippen molar-refractivity contribution >= 4 is 22.7 Å². The third kappa shape index (κ3) is 2.94. The summed E-state index contributed by atoms with van der Waals surface area (Å²) in [4.78, 5) is 4.60. The van der Waals surface area contributed by atoms with Gasteiger partial charge >= 0.3 is 0 Å². The second kappa shape index (κ2) is 6.92. The van der Waals surface area contributed by atoms with E-state index in [2.05, 4.69) is 10.3 Å². The number of hydrogen-bond acceptors (Lipinski definition) is 6. The van der Waals surface area contributed by atoms with Gasteiger partial charge in [-0.15, -0.1) is 0 Å². The summed E-state index contributed by atoms with van der Waals surface area (Å²) >= 11 is 0. The molecule has 146 valence electrons. The fourth-order valence-electron chi connectivity index (χ4n) is 3.91. The van der Waals surface area contributed by atoms with Crippen molar-refractivity contribution < 1.29 is 14.2 Å². The summed E-state index contributed by atoms with van der Waals surface area (Å²) in [6.45, 7) is 3.21. The smallest absolute Gasteiger partial charge is 0.222 e. The molecule has 1 fully saturated rings. The van der Waals surface area contributed by atoms with Gasteiger partial charge in [-0.05, 0) is 43.7 Å². The van der Waals surface area contributed by atoms with Gasteiger partial charge in [0.05, 0.1) is 29.9 Å². The summed E-state index contributed by atoms with van der Waals surface area (Å²) in [5.74, 6) is 1.18. The predicted octanol–water partition coefficient (Wildman–Crippen LogP) is 3.73. The Morgan fingerprint density at radius 2 is 1.90 bits per heavy atom. The molecule has 7 heteroatoms. The topological polar surface area (TPSA) is 81.3 Å². The molecule has 2 aromatic carbocycles. The molecule has 0 amide bonds. The number of benzene rings is 2. The highest BCUT2D eigenvalue weighted by Gasteiger charge is 2.42. The van der Waals surface area contributed by atoms with Crippen molar-refractivity contribution in [3.8, 4) is 11.9 Å². The molecule has 1 saturated heterocycles. The monoisotopic (exact) mass is 388 g/mol. The molecule has 3 heterocycles. The van der Waals surface area contributed by atoms with E-state index >= 15 is 0 Å². The molecule has 0 saturated carbocycles. The molecule has 3 aromatic rings. The maximum atomic E-state index is 9.27. The van der Waals surface area contributed by atoms with Gasteiger partial charge in [0.1, 0.15) is 5.75 Å². The molecule has 7 nitrogen and oxygen atoms in total. The quantitative estimate of drug-likeness (QED) is 0.544. The molecule has 1 aromatic heterocycles. The normalized spacial score (nSPS) is 21.7. The fourth-order valence-corrected chi connectivity index (χ4v) is 3.91. The van der Waals surface area contributed by atoms with Crippen molar-refractivity contribution in [3.05, 3.63) is 60.2 Å². The predicted molar refractivity (Wildman–Crippen MR) is 108 cm³/mol. The minimum absolute atomic E-state index is 0.449. The maximum absolute atomic E-state index is 9.27. The SMILES string of the molecule is CC1(C2OCCCO2)C=C(n2c(NC#N)nc3ccccc32)c2ccccc2O1. The van der Waals surface area contributed by atoms with Crippen molar-refractivity contribution in [2.45, 2.75) is 25.2 Å². The summed E-state index contributed by atoms with van der Waals surface area (Å²) in [6.07, 6.45) is 4.33. The van der Waals surface area contributed by atoms with Crippen LogP contribution in [0.2, 0.25) is 0 Å². The van der Waals surface area contributed by atoms with E-state index in [1.807, 2.05) is 72.3 Å². The first kappa shape index (κ1) is 17.7. The first-order valence-electron chi connectivity index (χ1n) is 9.57. The Morgan fingerprint density at radius 1 is 1.14 bits per heavy atom. The van der Waals surface area contributed by atoms with E-state index in [4.69, 9.17) is 14.2 Å². The molecular weight excluding hydrogens is 368 g/mol. The summed E-state index contributed by atoms with van der Waals surface area (Å²) in [6, 6.07) is 15.6. The van der Waals surface area contributed by atoms with E-state index in [1.165, 1.54) is 0 Å². The van der Waals surface area contributed by atoms with Crippen LogP contribution >= 0.6 is 0 Å². The number of nitrogens with one attached hydrogen (secondary N) is 1. The van der Waals surface area contributed by atoms with Crippen LogP contribution in [0.4, 0.5) is 5.95 Å². The molecule has 1 atom stereocenters. The van der Waals surface area contributed by atoms with Crippen molar-refractivity contribution in [1.82, 2.24) is 9.55 Å². The molecule has 1 N–H and O–H groups in total. The number of hydrogen-bond donors (Lipinski definition) is 1. The molecular formula is C22H20N4O3. The zero-order valence-electron chi connectivity index (χ0n) is 16.0. The van der Waals surface area contributed by atoms with Crippen molar-refractivity contribution in [1.29, 1.82) is 5.26 Å². The third-order valence-electron chi connectivity index (χ3n) is 5.18. The van der Waals surface area contributed by atoms with Crippen LogP contribution in [0.15, 0.2) is 54.6 Å². The highest BCUT2D eigenvalue weighted by Crippen LogP contribution is 2.41. The average Bonchev–Trinajstić information content (AvgIpc) is 3.12. The summed E-state index contributed by atoms with van der Waals surface area (Å²) in [7, 11) is 0. The molecule has 29 heavy (non-hydrogen) atoms. The van der Waals surface area contributed by atoms with Gasteiger partial charge in [-0.1, -0.05) is 24.3 Å². The number of nitriles is 1. The van der Waals surface area contributed by atoms with E-state index in [0.29, 0.717) is 19.2 Å². The molecule has 0 spiro atoms. The van der Waals surface area contributed by atoms with Gasteiger partial charge in [0, 0.05) is 5.56 Å². The van der Waals surface area contributed by atoms with Gasteiger partial charge in [-0.2, -0.15) is 5.26 Å². The standard InChI is InChI=1S/C22H20N4O3/c1-22(20-27-11-6-12-28-20)13-18(15-7-2-5-10-19(15)29-22)26-17-9-4-3-8-16(17)25-21(26)24-14-23/h2-5,7-10,13,20H,6,11-12H2,1H3,(H,24,25). The van der Waals surface area contributed by atoms with E-state index < -0.39 is 11.9 Å². The fraction of sp³-hybridized carbons (Fsp3) is 0.273. The number of imidazole rings is 1. The number of para-hydroxylation sites is 3. The number of fused-ring (bicyclic) bond motifs is 2. The number of rotatable bonds is 3. The maximum Gasteiger partial charge on any atom is 0.222 e. The Labute approximate surface area is 168 Å². The minimum Gasteiger partial charge on any atom is -0.477 e. The van der Waals surface area contributed by atoms with Crippen LogP contribution in [0.1, 0.15) is 18.9 Å². The zero-order valence-corrected chi connectivity index (χ0v) is 16.0. The van der Waals surface area contributed by atoms with Crippen molar-refractivity contribution in [2.24, 2.45) is 0 Å². The minimum atomic E-state index is -0.834. The van der Waals surface area contributed by atoms with Gasteiger partial charge in [0.25, 0.3) is 0 Å². The van der Waals surface area contributed by atoms with Gasteiger partial charge in [0.15, 0.2) is 11.8 Å². The lowest BCUT2D eigenvalue weighted by atomic mass is 9.96. The van der Waals surface area contributed by atoms with Crippen LogP contribution < -0.4 is 10.1 Å². The number of nitrogens with zero attached hydrogens (tertiary/aromatic N) is 3. The van der Waals surface area contributed by atoms with Crippen LogP contribution in [0, 0.1) is 11.5 Å². The second-order valence-corrected chi connectivity index (χ2v) is 7.24. The third-order valence-corrected chi connectivity index (χ3v) is 5.18. The molecule has 0 aliphatic carbocycles. The molecule has 2 aliphatic rings. The molecule has 1 unspecified atom stereocenters. The number of ether oxygens (including phenoxy) is 3. The lowest BCUT2D eigenvalue weighted by Gasteiger charge is -2.40. The number of anilines is 1. The van der Waals surface area contributed by atoms with E-state index in [-0.39, 0.29) is 0 Å². The van der Waals surface area contributed by atoms with E-state index in [0.717, 1.165) is 34.5 Å². The Kier molecular flexibility index (Phi) is 4.23. The van der Waals surface area contributed by atoms with Crippen LogP contribution in [0.5, 0.6) is 5.75 Å². The summed E-state index contributed by atoms with van der Waals surface area (Å²) < 4.78 is 20.1. The molecule has 2 aliphatic heterocycles. The van der Waals surface area contributed by atoms with Crippen LogP contribution in [-0.2, 0) is 9.47 Å².